The molecular weight excluding hydrogens is 370 g/mol. The topological polar surface area (TPSA) is 38.1 Å². The summed E-state index contributed by atoms with van der Waals surface area (Å²) in [7, 11) is 0. The zero-order valence-corrected chi connectivity index (χ0v) is 17.0. The number of hydrogen-bond donors (Lipinski definition) is 0. The van der Waals surface area contributed by atoms with Crippen molar-refractivity contribution in [1.82, 2.24) is 14.7 Å². The Bertz CT molecular complexity index is 985. The lowest BCUT2D eigenvalue weighted by atomic mass is 9.99. The van der Waals surface area contributed by atoms with Crippen LogP contribution in [-0.2, 0) is 0 Å². The summed E-state index contributed by atoms with van der Waals surface area (Å²) in [6, 6.07) is 17.5. The number of nitrogens with zero attached hydrogens (tertiary/aromatic N) is 3. The monoisotopic (exact) mass is 393 g/mol. The van der Waals surface area contributed by atoms with E-state index in [0.29, 0.717) is 22.3 Å². The first-order chi connectivity index (χ1) is 13.5. The van der Waals surface area contributed by atoms with Gasteiger partial charge in [-0.2, -0.15) is 5.10 Å². The summed E-state index contributed by atoms with van der Waals surface area (Å²) >= 11 is 6.39. The van der Waals surface area contributed by atoms with Gasteiger partial charge in [0.15, 0.2) is 0 Å². The van der Waals surface area contributed by atoms with Crippen LogP contribution >= 0.6 is 11.6 Å². The Kier molecular flexibility index (Phi) is 5.23. The molecule has 0 aliphatic carbocycles. The Morgan fingerprint density at radius 2 is 1.75 bits per heavy atom. The number of carbonyl (C=O) groups excluding carboxylic acids is 1. The van der Waals surface area contributed by atoms with Gasteiger partial charge in [-0.05, 0) is 49.9 Å². The van der Waals surface area contributed by atoms with Gasteiger partial charge in [0, 0.05) is 18.7 Å². The van der Waals surface area contributed by atoms with Crippen LogP contribution in [0.4, 0.5) is 0 Å². The average molecular weight is 394 g/mol. The molecule has 1 amide bonds. The molecule has 0 spiro atoms. The van der Waals surface area contributed by atoms with Crippen LogP contribution in [0.5, 0.6) is 0 Å². The Labute approximate surface area is 170 Å². The van der Waals surface area contributed by atoms with E-state index in [1.165, 1.54) is 5.56 Å². The molecule has 1 fully saturated rings. The summed E-state index contributed by atoms with van der Waals surface area (Å²) in [6.45, 7) is 5.87. The van der Waals surface area contributed by atoms with Gasteiger partial charge < -0.3 is 4.90 Å². The molecule has 2 heterocycles. The second-order valence-corrected chi connectivity index (χ2v) is 8.02. The van der Waals surface area contributed by atoms with Crippen molar-refractivity contribution in [2.75, 3.05) is 13.1 Å². The molecule has 4 rings (SSSR count). The quantitative estimate of drug-likeness (QED) is 0.599. The summed E-state index contributed by atoms with van der Waals surface area (Å²) in [5.74, 6) is 0.697. The fourth-order valence-corrected chi connectivity index (χ4v) is 3.82. The number of amides is 1. The standard InChI is InChI=1S/C23H24ClN3O/c1-16-7-9-18(10-8-16)27-22(23(28)26-13-11-17(2)12-14-26)15-21(25-27)19-5-3-4-6-20(19)24/h3-10,15,17H,11-14H2,1-2H3. The number of piperidine rings is 1. The molecule has 0 unspecified atom stereocenters. The predicted molar refractivity (Wildman–Crippen MR) is 113 cm³/mol. The van der Waals surface area contributed by atoms with Crippen molar-refractivity contribution in [2.45, 2.75) is 26.7 Å². The molecule has 3 aromatic rings. The molecule has 0 atom stereocenters. The second kappa shape index (κ2) is 7.80. The first kappa shape index (κ1) is 18.8. The van der Waals surface area contributed by atoms with Crippen LogP contribution < -0.4 is 0 Å². The number of benzene rings is 2. The van der Waals surface area contributed by atoms with Crippen molar-refractivity contribution in [3.63, 3.8) is 0 Å². The van der Waals surface area contributed by atoms with E-state index in [9.17, 15) is 4.79 Å². The smallest absolute Gasteiger partial charge is 0.272 e. The Morgan fingerprint density at radius 1 is 1.07 bits per heavy atom. The molecule has 0 radical (unpaired) electrons. The van der Waals surface area contributed by atoms with E-state index in [4.69, 9.17) is 16.7 Å². The van der Waals surface area contributed by atoms with Crippen LogP contribution in [0, 0.1) is 12.8 Å². The number of likely N-dealkylation sites (tertiary alicyclic amines) is 1. The summed E-state index contributed by atoms with van der Waals surface area (Å²) in [6.07, 6.45) is 2.09. The molecule has 28 heavy (non-hydrogen) atoms. The number of rotatable bonds is 3. The zero-order chi connectivity index (χ0) is 19.7. The van der Waals surface area contributed by atoms with Crippen LogP contribution in [0.2, 0.25) is 5.02 Å². The molecule has 0 saturated carbocycles. The highest BCUT2D eigenvalue weighted by atomic mass is 35.5. The zero-order valence-electron chi connectivity index (χ0n) is 16.2. The van der Waals surface area contributed by atoms with Crippen molar-refractivity contribution < 1.29 is 4.79 Å². The predicted octanol–water partition coefficient (Wildman–Crippen LogP) is 5.37. The maximum atomic E-state index is 13.3. The number of aryl methyl sites for hydroxylation is 1. The molecule has 0 N–H and O–H groups in total. The molecule has 1 saturated heterocycles. The van der Waals surface area contributed by atoms with Gasteiger partial charge in [0.25, 0.3) is 5.91 Å². The highest BCUT2D eigenvalue weighted by Crippen LogP contribution is 2.29. The molecule has 0 bridgehead atoms. The molecule has 5 heteroatoms. The summed E-state index contributed by atoms with van der Waals surface area (Å²) < 4.78 is 1.75. The van der Waals surface area contributed by atoms with Crippen LogP contribution in [0.25, 0.3) is 16.9 Å². The first-order valence-corrected chi connectivity index (χ1v) is 10.1. The third kappa shape index (κ3) is 3.69. The molecule has 1 aliphatic rings. The van der Waals surface area contributed by atoms with Gasteiger partial charge in [-0.25, -0.2) is 4.68 Å². The molecule has 2 aromatic carbocycles. The van der Waals surface area contributed by atoms with E-state index in [1.54, 1.807) is 4.68 Å². The number of hydrogen-bond acceptors (Lipinski definition) is 2. The van der Waals surface area contributed by atoms with E-state index in [1.807, 2.05) is 66.4 Å². The van der Waals surface area contributed by atoms with E-state index < -0.39 is 0 Å². The summed E-state index contributed by atoms with van der Waals surface area (Å²) in [5.41, 5.74) is 4.15. The maximum absolute atomic E-state index is 13.3. The second-order valence-electron chi connectivity index (χ2n) is 7.62. The molecule has 4 nitrogen and oxygen atoms in total. The Hall–Kier alpha value is -2.59. The van der Waals surface area contributed by atoms with Crippen molar-refractivity contribution in [3.8, 4) is 16.9 Å². The lowest BCUT2D eigenvalue weighted by Gasteiger charge is -2.30. The van der Waals surface area contributed by atoms with E-state index in [-0.39, 0.29) is 5.91 Å². The molecule has 1 aliphatic heterocycles. The fraction of sp³-hybridized carbons (Fsp3) is 0.304. The van der Waals surface area contributed by atoms with Crippen molar-refractivity contribution >= 4 is 17.5 Å². The lowest BCUT2D eigenvalue weighted by Crippen LogP contribution is -2.38. The number of aromatic nitrogens is 2. The minimum Gasteiger partial charge on any atom is -0.337 e. The van der Waals surface area contributed by atoms with Crippen LogP contribution in [0.15, 0.2) is 54.6 Å². The highest BCUT2D eigenvalue weighted by molar-refractivity contribution is 6.33. The highest BCUT2D eigenvalue weighted by Gasteiger charge is 2.26. The van der Waals surface area contributed by atoms with E-state index in [2.05, 4.69) is 6.92 Å². The fourth-order valence-electron chi connectivity index (χ4n) is 3.59. The minimum absolute atomic E-state index is 0.0262. The Balaban J connectivity index is 1.78. The van der Waals surface area contributed by atoms with Gasteiger partial charge in [0.1, 0.15) is 5.69 Å². The summed E-state index contributed by atoms with van der Waals surface area (Å²) in [5, 5.41) is 5.38. The lowest BCUT2D eigenvalue weighted by molar-refractivity contribution is 0.0688. The van der Waals surface area contributed by atoms with Gasteiger partial charge in [-0.1, -0.05) is 54.4 Å². The number of halogens is 1. The average Bonchev–Trinajstić information content (AvgIpc) is 3.14. The van der Waals surface area contributed by atoms with Gasteiger partial charge in [0.05, 0.1) is 16.4 Å². The van der Waals surface area contributed by atoms with Crippen molar-refractivity contribution in [2.24, 2.45) is 5.92 Å². The van der Waals surface area contributed by atoms with Gasteiger partial charge in [-0.15, -0.1) is 0 Å². The molecule has 144 valence electrons. The Morgan fingerprint density at radius 3 is 2.43 bits per heavy atom. The van der Waals surface area contributed by atoms with Crippen LogP contribution in [-0.4, -0.2) is 33.7 Å². The van der Waals surface area contributed by atoms with Gasteiger partial charge >= 0.3 is 0 Å². The third-order valence-electron chi connectivity index (χ3n) is 5.43. The normalized spacial score (nSPS) is 15.0. The largest absolute Gasteiger partial charge is 0.337 e. The van der Waals surface area contributed by atoms with Crippen molar-refractivity contribution in [3.05, 3.63) is 70.9 Å². The van der Waals surface area contributed by atoms with Crippen molar-refractivity contribution in [1.29, 1.82) is 0 Å². The summed E-state index contributed by atoms with van der Waals surface area (Å²) in [4.78, 5) is 15.3. The SMILES string of the molecule is Cc1ccc(-n2nc(-c3ccccc3Cl)cc2C(=O)N2CCC(C)CC2)cc1. The van der Waals surface area contributed by atoms with E-state index >= 15 is 0 Å². The van der Waals surface area contributed by atoms with Crippen LogP contribution in [0.3, 0.4) is 0 Å². The maximum Gasteiger partial charge on any atom is 0.272 e. The van der Waals surface area contributed by atoms with Crippen LogP contribution in [0.1, 0.15) is 35.8 Å². The third-order valence-corrected chi connectivity index (χ3v) is 5.76. The minimum atomic E-state index is 0.0262. The number of carbonyl (C=O) groups is 1. The molecular formula is C23H24ClN3O. The van der Waals surface area contributed by atoms with Gasteiger partial charge in [0.2, 0.25) is 0 Å². The molecule has 1 aromatic heterocycles. The van der Waals surface area contributed by atoms with Gasteiger partial charge in [-0.3, -0.25) is 4.79 Å². The first-order valence-electron chi connectivity index (χ1n) is 9.74. The van der Waals surface area contributed by atoms with E-state index in [0.717, 1.165) is 37.2 Å².